The zero-order chi connectivity index (χ0) is 21.4. The molecule has 2 aliphatic heterocycles. The number of likely N-dealkylation sites (tertiary alicyclic amines) is 1. The van der Waals surface area contributed by atoms with Gasteiger partial charge in [0.2, 0.25) is 15.9 Å². The number of hydrogen-bond donors (Lipinski definition) is 1. The van der Waals surface area contributed by atoms with E-state index in [-0.39, 0.29) is 31.8 Å². The lowest BCUT2D eigenvalue weighted by atomic mass is 9.96. The maximum atomic E-state index is 12.9. The minimum atomic E-state index is -4.65. The predicted octanol–water partition coefficient (Wildman–Crippen LogP) is 2.18. The number of sulfonamides is 1. The van der Waals surface area contributed by atoms with Crippen LogP contribution in [0.4, 0.5) is 13.2 Å². The number of carboxylic acids is 1. The molecule has 2 fully saturated rings. The number of aliphatic carboxylic acids is 1. The summed E-state index contributed by atoms with van der Waals surface area (Å²) >= 11 is 0. The fourth-order valence-electron chi connectivity index (χ4n) is 3.85. The Balaban J connectivity index is 1.69. The second-order valence-electron chi connectivity index (χ2n) is 7.23. The highest BCUT2D eigenvalue weighted by Gasteiger charge is 2.40. The lowest BCUT2D eigenvalue weighted by Crippen LogP contribution is -2.47. The molecule has 1 N–H and O–H groups in total. The van der Waals surface area contributed by atoms with Crippen molar-refractivity contribution in [3.63, 3.8) is 0 Å². The molecule has 0 radical (unpaired) electrons. The number of nitrogens with zero attached hydrogens (tertiary/aromatic N) is 2. The first-order chi connectivity index (χ1) is 13.5. The van der Waals surface area contributed by atoms with Gasteiger partial charge in [0.1, 0.15) is 6.04 Å². The molecule has 1 atom stereocenters. The lowest BCUT2D eigenvalue weighted by molar-refractivity contribution is -0.150. The van der Waals surface area contributed by atoms with Crippen molar-refractivity contribution in [3.05, 3.63) is 29.8 Å². The summed E-state index contributed by atoms with van der Waals surface area (Å²) in [5, 5.41) is 9.22. The highest BCUT2D eigenvalue weighted by molar-refractivity contribution is 7.89. The molecule has 29 heavy (non-hydrogen) atoms. The third-order valence-corrected chi connectivity index (χ3v) is 7.32. The van der Waals surface area contributed by atoms with E-state index < -0.39 is 44.6 Å². The van der Waals surface area contributed by atoms with Crippen LogP contribution >= 0.6 is 0 Å². The topological polar surface area (TPSA) is 95.0 Å². The number of benzene rings is 1. The number of amides is 1. The SMILES string of the molecule is O=C(O)[C@@H]1CCCN1C(=O)C1CCN(S(=O)(=O)c2cccc(C(F)(F)F)c2)CC1. The van der Waals surface area contributed by atoms with Crippen molar-refractivity contribution in [2.24, 2.45) is 5.92 Å². The first-order valence-electron chi connectivity index (χ1n) is 9.22. The average molecular weight is 434 g/mol. The van der Waals surface area contributed by atoms with Gasteiger partial charge in [0.25, 0.3) is 0 Å². The van der Waals surface area contributed by atoms with Gasteiger partial charge in [-0.15, -0.1) is 0 Å². The Kier molecular flexibility index (Phi) is 5.91. The third kappa shape index (κ3) is 4.40. The Labute approximate surface area is 166 Å². The van der Waals surface area contributed by atoms with E-state index in [0.717, 1.165) is 22.5 Å². The molecule has 3 rings (SSSR count). The molecule has 2 saturated heterocycles. The average Bonchev–Trinajstić information content (AvgIpc) is 3.17. The van der Waals surface area contributed by atoms with Crippen molar-refractivity contribution in [2.75, 3.05) is 19.6 Å². The number of carboxylic acid groups (broad SMARTS) is 1. The van der Waals surface area contributed by atoms with Crippen LogP contribution in [0.25, 0.3) is 0 Å². The number of alkyl halides is 3. The quantitative estimate of drug-likeness (QED) is 0.784. The number of halogens is 3. The molecule has 7 nitrogen and oxygen atoms in total. The molecule has 11 heteroatoms. The lowest BCUT2D eigenvalue weighted by Gasteiger charge is -2.33. The Morgan fingerprint density at radius 3 is 2.31 bits per heavy atom. The zero-order valence-electron chi connectivity index (χ0n) is 15.4. The Hall–Kier alpha value is -2.14. The van der Waals surface area contributed by atoms with Crippen LogP contribution in [0.1, 0.15) is 31.2 Å². The Morgan fingerprint density at radius 1 is 1.07 bits per heavy atom. The molecule has 1 amide bonds. The van der Waals surface area contributed by atoms with E-state index in [1.54, 1.807) is 0 Å². The van der Waals surface area contributed by atoms with Gasteiger partial charge in [0.05, 0.1) is 10.5 Å². The van der Waals surface area contributed by atoms with Crippen molar-refractivity contribution in [2.45, 2.75) is 42.8 Å². The second kappa shape index (κ2) is 7.94. The number of rotatable bonds is 4. The van der Waals surface area contributed by atoms with E-state index in [4.69, 9.17) is 0 Å². The van der Waals surface area contributed by atoms with Gasteiger partial charge in [-0.25, -0.2) is 13.2 Å². The highest BCUT2D eigenvalue weighted by Crippen LogP contribution is 2.32. The molecule has 160 valence electrons. The summed E-state index contributed by atoms with van der Waals surface area (Å²) in [6, 6.07) is 2.72. The number of hydrogen-bond acceptors (Lipinski definition) is 4. The standard InChI is InChI=1S/C18H21F3N2O5S/c19-18(20,21)13-3-1-4-14(11-13)29(27,28)22-9-6-12(7-10-22)16(24)23-8-2-5-15(23)17(25)26/h1,3-4,11-12,15H,2,5-10H2,(H,25,26)/t15-/m0/s1. The van der Waals surface area contributed by atoms with Crippen LogP contribution in [0.15, 0.2) is 29.2 Å². The van der Waals surface area contributed by atoms with Crippen LogP contribution in [-0.4, -0.2) is 60.3 Å². The monoisotopic (exact) mass is 434 g/mol. The van der Waals surface area contributed by atoms with E-state index in [1.807, 2.05) is 0 Å². The molecule has 1 aromatic carbocycles. The van der Waals surface area contributed by atoms with Crippen LogP contribution in [0.3, 0.4) is 0 Å². The molecule has 0 unspecified atom stereocenters. The molecule has 0 aromatic heterocycles. The predicted molar refractivity (Wildman–Crippen MR) is 95.3 cm³/mol. The molecular weight excluding hydrogens is 413 g/mol. The molecule has 0 bridgehead atoms. The van der Waals surface area contributed by atoms with Crippen molar-refractivity contribution >= 4 is 21.9 Å². The summed E-state index contributed by atoms with van der Waals surface area (Å²) in [5.74, 6) is -1.85. The molecule has 0 saturated carbocycles. The fraction of sp³-hybridized carbons (Fsp3) is 0.556. The number of piperidine rings is 1. The van der Waals surface area contributed by atoms with Crippen LogP contribution < -0.4 is 0 Å². The van der Waals surface area contributed by atoms with Gasteiger partial charge in [-0.1, -0.05) is 6.07 Å². The number of carbonyl (C=O) groups is 2. The van der Waals surface area contributed by atoms with E-state index in [9.17, 15) is 36.3 Å². The van der Waals surface area contributed by atoms with Gasteiger partial charge in [-0.05, 0) is 43.9 Å². The normalized spacial score (nSPS) is 22.0. The van der Waals surface area contributed by atoms with Gasteiger partial charge < -0.3 is 10.0 Å². The smallest absolute Gasteiger partial charge is 0.416 e. The molecule has 2 heterocycles. The highest BCUT2D eigenvalue weighted by atomic mass is 32.2. The Morgan fingerprint density at radius 2 is 1.72 bits per heavy atom. The summed E-state index contributed by atoms with van der Waals surface area (Å²) in [6.07, 6.45) is -3.27. The van der Waals surface area contributed by atoms with Gasteiger partial charge in [-0.3, -0.25) is 4.79 Å². The van der Waals surface area contributed by atoms with Crippen LogP contribution in [0.5, 0.6) is 0 Å². The minimum Gasteiger partial charge on any atom is -0.480 e. The summed E-state index contributed by atoms with van der Waals surface area (Å²) < 4.78 is 65.2. The summed E-state index contributed by atoms with van der Waals surface area (Å²) in [7, 11) is -4.12. The van der Waals surface area contributed by atoms with E-state index >= 15 is 0 Å². The fourth-order valence-corrected chi connectivity index (χ4v) is 5.36. The van der Waals surface area contributed by atoms with Crippen LogP contribution in [0, 0.1) is 5.92 Å². The molecular formula is C18H21F3N2O5S. The van der Waals surface area contributed by atoms with Crippen molar-refractivity contribution < 1.29 is 36.3 Å². The van der Waals surface area contributed by atoms with Crippen LogP contribution in [-0.2, 0) is 25.8 Å². The minimum absolute atomic E-state index is 0.0133. The summed E-state index contributed by atoms with van der Waals surface area (Å²) in [6.45, 7) is 0.333. The van der Waals surface area contributed by atoms with Crippen molar-refractivity contribution in [1.82, 2.24) is 9.21 Å². The maximum Gasteiger partial charge on any atom is 0.416 e. The third-order valence-electron chi connectivity index (χ3n) is 5.42. The van der Waals surface area contributed by atoms with Crippen molar-refractivity contribution in [1.29, 1.82) is 0 Å². The van der Waals surface area contributed by atoms with Gasteiger partial charge in [0, 0.05) is 25.6 Å². The zero-order valence-corrected chi connectivity index (χ0v) is 16.2. The Bertz CT molecular complexity index is 895. The summed E-state index contributed by atoms with van der Waals surface area (Å²) in [5.41, 5.74) is -1.04. The van der Waals surface area contributed by atoms with Crippen molar-refractivity contribution in [3.8, 4) is 0 Å². The van der Waals surface area contributed by atoms with E-state index in [2.05, 4.69) is 0 Å². The summed E-state index contributed by atoms with van der Waals surface area (Å²) in [4.78, 5) is 24.8. The number of carbonyl (C=O) groups excluding carboxylic acids is 1. The van der Waals surface area contributed by atoms with Gasteiger partial charge in [-0.2, -0.15) is 17.5 Å². The molecule has 2 aliphatic rings. The van der Waals surface area contributed by atoms with E-state index in [0.29, 0.717) is 25.5 Å². The van der Waals surface area contributed by atoms with Crippen LogP contribution in [0.2, 0.25) is 0 Å². The molecule has 0 spiro atoms. The first-order valence-corrected chi connectivity index (χ1v) is 10.7. The maximum absolute atomic E-state index is 12.9. The molecule has 1 aromatic rings. The van der Waals surface area contributed by atoms with E-state index in [1.165, 1.54) is 4.90 Å². The van der Waals surface area contributed by atoms with Gasteiger partial charge in [0.15, 0.2) is 0 Å². The first kappa shape index (κ1) is 21.6. The second-order valence-corrected chi connectivity index (χ2v) is 9.17. The largest absolute Gasteiger partial charge is 0.480 e. The molecule has 0 aliphatic carbocycles. The van der Waals surface area contributed by atoms with Gasteiger partial charge >= 0.3 is 12.1 Å².